The third kappa shape index (κ3) is 3.72. The maximum absolute atomic E-state index is 11.3. The molecule has 6 nitrogen and oxygen atoms in total. The van der Waals surface area contributed by atoms with Gasteiger partial charge in [0.25, 0.3) is 0 Å². The van der Waals surface area contributed by atoms with Crippen LogP contribution in [0.25, 0.3) is 0 Å². The van der Waals surface area contributed by atoms with Gasteiger partial charge in [-0.2, -0.15) is 0 Å². The number of aliphatic hydroxyl groups excluding tert-OH is 1. The van der Waals surface area contributed by atoms with E-state index in [1.54, 1.807) is 0 Å². The number of hydrogen-bond acceptors (Lipinski definition) is 5. The molecule has 1 atom stereocenters. The van der Waals surface area contributed by atoms with Gasteiger partial charge in [-0.1, -0.05) is 30.3 Å². The second-order valence-electron chi connectivity index (χ2n) is 4.58. The smallest absolute Gasteiger partial charge is 0.238 e. The van der Waals surface area contributed by atoms with Crippen molar-refractivity contribution in [2.45, 2.75) is 10.9 Å². The van der Waals surface area contributed by atoms with Gasteiger partial charge in [0.05, 0.1) is 28.9 Å². The van der Waals surface area contributed by atoms with E-state index in [4.69, 9.17) is 10.9 Å². The molecule has 1 unspecified atom stereocenters. The van der Waals surface area contributed by atoms with E-state index in [-0.39, 0.29) is 23.2 Å². The average molecular weight is 307 g/mol. The van der Waals surface area contributed by atoms with Crippen molar-refractivity contribution in [1.82, 2.24) is 0 Å². The quantitative estimate of drug-likeness (QED) is 0.616. The van der Waals surface area contributed by atoms with Gasteiger partial charge in [0, 0.05) is 0 Å². The minimum absolute atomic E-state index is 0.0502. The second-order valence-corrected chi connectivity index (χ2v) is 6.15. The molecule has 21 heavy (non-hydrogen) atoms. The highest BCUT2D eigenvalue weighted by atomic mass is 32.2. The monoisotopic (exact) mass is 307 g/mol. The summed E-state index contributed by atoms with van der Waals surface area (Å²) in [5, 5.41) is 17.6. The molecule has 0 aromatic heterocycles. The van der Waals surface area contributed by atoms with Crippen molar-refractivity contribution in [3.05, 3.63) is 54.1 Å². The molecular formula is C14H17N3O3S. The third-order valence-electron chi connectivity index (χ3n) is 3.07. The molecule has 0 spiro atoms. The van der Waals surface area contributed by atoms with Gasteiger partial charge in [0.15, 0.2) is 0 Å². The van der Waals surface area contributed by atoms with Gasteiger partial charge >= 0.3 is 0 Å². The molecule has 0 fully saturated rings. The van der Waals surface area contributed by atoms with E-state index in [1.807, 2.05) is 30.3 Å². The van der Waals surface area contributed by atoms with Gasteiger partial charge in [-0.05, 0) is 23.8 Å². The molecule has 0 bridgehead atoms. The highest BCUT2D eigenvalue weighted by molar-refractivity contribution is 7.89. The van der Waals surface area contributed by atoms with E-state index in [0.717, 1.165) is 5.56 Å². The predicted octanol–water partition coefficient (Wildman–Crippen LogP) is 1.06. The summed E-state index contributed by atoms with van der Waals surface area (Å²) in [4.78, 5) is -0.0502. The Balaban J connectivity index is 2.27. The number of nitrogens with two attached hydrogens (primary N) is 2. The standard InChI is InChI=1S/C14H17N3O3S/c15-12-8-11(21(16,19)20)6-7-13(12)17-14(9-18)10-4-2-1-3-5-10/h1-8,14,17-18H,9,15H2,(H2,16,19,20). The van der Waals surface area contributed by atoms with Gasteiger partial charge in [0.2, 0.25) is 10.0 Å². The molecule has 0 saturated heterocycles. The zero-order valence-electron chi connectivity index (χ0n) is 11.2. The zero-order chi connectivity index (χ0) is 15.5. The van der Waals surface area contributed by atoms with Crippen LogP contribution in [-0.2, 0) is 10.0 Å². The van der Waals surface area contributed by atoms with Crippen LogP contribution in [0.2, 0.25) is 0 Å². The van der Waals surface area contributed by atoms with Crippen molar-refractivity contribution in [2.75, 3.05) is 17.7 Å². The number of nitrogens with one attached hydrogen (secondary N) is 1. The maximum atomic E-state index is 11.3. The summed E-state index contributed by atoms with van der Waals surface area (Å²) in [6.45, 7) is -0.125. The van der Waals surface area contributed by atoms with Crippen LogP contribution in [0.1, 0.15) is 11.6 Å². The summed E-state index contributed by atoms with van der Waals surface area (Å²) in [5.74, 6) is 0. The fraction of sp³-hybridized carbons (Fsp3) is 0.143. The number of anilines is 2. The first kappa shape index (κ1) is 15.3. The van der Waals surface area contributed by atoms with E-state index in [9.17, 15) is 13.5 Å². The van der Waals surface area contributed by atoms with Gasteiger partial charge < -0.3 is 16.2 Å². The molecule has 0 aliphatic rings. The molecule has 2 rings (SSSR count). The molecule has 0 saturated carbocycles. The highest BCUT2D eigenvalue weighted by Crippen LogP contribution is 2.26. The van der Waals surface area contributed by atoms with Crippen molar-refractivity contribution >= 4 is 21.4 Å². The fourth-order valence-corrected chi connectivity index (χ4v) is 2.51. The van der Waals surface area contributed by atoms with Crippen molar-refractivity contribution in [3.63, 3.8) is 0 Å². The van der Waals surface area contributed by atoms with Crippen LogP contribution < -0.4 is 16.2 Å². The number of primary sulfonamides is 1. The largest absolute Gasteiger partial charge is 0.397 e. The number of hydrogen-bond donors (Lipinski definition) is 4. The highest BCUT2D eigenvalue weighted by Gasteiger charge is 2.14. The van der Waals surface area contributed by atoms with Crippen LogP contribution in [-0.4, -0.2) is 20.1 Å². The fourth-order valence-electron chi connectivity index (χ4n) is 1.96. The first-order valence-corrected chi connectivity index (χ1v) is 7.81. The second kappa shape index (κ2) is 6.13. The first-order chi connectivity index (χ1) is 9.91. The first-order valence-electron chi connectivity index (χ1n) is 6.26. The van der Waals surface area contributed by atoms with E-state index < -0.39 is 10.0 Å². The molecule has 0 heterocycles. The molecule has 6 N–H and O–H groups in total. The summed E-state index contributed by atoms with van der Waals surface area (Å²) in [6.07, 6.45) is 0. The van der Waals surface area contributed by atoms with E-state index >= 15 is 0 Å². The van der Waals surface area contributed by atoms with Gasteiger partial charge in [-0.3, -0.25) is 0 Å². The third-order valence-corrected chi connectivity index (χ3v) is 3.98. The Morgan fingerprint density at radius 2 is 1.81 bits per heavy atom. The Labute approximate surface area is 123 Å². The molecule has 0 radical (unpaired) electrons. The van der Waals surface area contributed by atoms with Gasteiger partial charge in [-0.25, -0.2) is 13.6 Å². The lowest BCUT2D eigenvalue weighted by molar-refractivity contribution is 0.276. The van der Waals surface area contributed by atoms with Crippen molar-refractivity contribution in [3.8, 4) is 0 Å². The Hall–Kier alpha value is -2.09. The number of sulfonamides is 1. The molecule has 112 valence electrons. The number of aliphatic hydroxyl groups is 1. The Morgan fingerprint density at radius 1 is 1.14 bits per heavy atom. The Morgan fingerprint density at radius 3 is 2.33 bits per heavy atom. The minimum Gasteiger partial charge on any atom is -0.397 e. The lowest BCUT2D eigenvalue weighted by Gasteiger charge is -2.19. The van der Waals surface area contributed by atoms with Crippen LogP contribution in [0, 0.1) is 0 Å². The summed E-state index contributed by atoms with van der Waals surface area (Å²) in [7, 11) is -3.79. The molecule has 0 amide bonds. The molecular weight excluding hydrogens is 290 g/mol. The SMILES string of the molecule is Nc1cc(S(N)(=O)=O)ccc1NC(CO)c1ccccc1. The van der Waals surface area contributed by atoms with Crippen LogP contribution in [0.15, 0.2) is 53.4 Å². The Bertz CT molecular complexity index is 717. The van der Waals surface area contributed by atoms with Crippen LogP contribution in [0.5, 0.6) is 0 Å². The minimum atomic E-state index is -3.79. The predicted molar refractivity (Wildman–Crippen MR) is 82.1 cm³/mol. The van der Waals surface area contributed by atoms with Gasteiger partial charge in [-0.15, -0.1) is 0 Å². The lowest BCUT2D eigenvalue weighted by Crippen LogP contribution is -2.17. The molecule has 0 aliphatic heterocycles. The van der Waals surface area contributed by atoms with Gasteiger partial charge in [0.1, 0.15) is 0 Å². The number of benzene rings is 2. The summed E-state index contributed by atoms with van der Waals surface area (Å²) in [6, 6.07) is 13.2. The van der Waals surface area contributed by atoms with E-state index in [0.29, 0.717) is 5.69 Å². The average Bonchev–Trinajstić information content (AvgIpc) is 2.46. The topological polar surface area (TPSA) is 118 Å². The van der Waals surface area contributed by atoms with Crippen molar-refractivity contribution < 1.29 is 13.5 Å². The van der Waals surface area contributed by atoms with Crippen LogP contribution in [0.4, 0.5) is 11.4 Å². The van der Waals surface area contributed by atoms with E-state index in [1.165, 1.54) is 18.2 Å². The van der Waals surface area contributed by atoms with E-state index in [2.05, 4.69) is 5.32 Å². The summed E-state index contributed by atoms with van der Waals surface area (Å²) in [5.41, 5.74) is 7.51. The molecule has 0 aliphatic carbocycles. The number of rotatable bonds is 5. The molecule has 2 aromatic rings. The maximum Gasteiger partial charge on any atom is 0.238 e. The zero-order valence-corrected chi connectivity index (χ0v) is 12.0. The molecule has 7 heteroatoms. The van der Waals surface area contributed by atoms with Crippen molar-refractivity contribution in [2.24, 2.45) is 5.14 Å². The number of nitrogen functional groups attached to an aromatic ring is 1. The van der Waals surface area contributed by atoms with Crippen molar-refractivity contribution in [1.29, 1.82) is 0 Å². The lowest BCUT2D eigenvalue weighted by atomic mass is 10.1. The van der Waals surface area contributed by atoms with Crippen LogP contribution in [0.3, 0.4) is 0 Å². The summed E-state index contributed by atoms with van der Waals surface area (Å²) < 4.78 is 22.5. The van der Waals surface area contributed by atoms with Crippen LogP contribution >= 0.6 is 0 Å². The molecule has 2 aromatic carbocycles. The summed E-state index contributed by atoms with van der Waals surface area (Å²) >= 11 is 0. The normalized spacial score (nSPS) is 12.9. The Kier molecular flexibility index (Phi) is 4.46.